The Hall–Kier alpha value is -0.790. The average molecular weight is 194 g/mol. The predicted octanol–water partition coefficient (Wildman–Crippen LogP) is 2.70. The number of allylic oxidation sites excluding steroid dienone is 1. The van der Waals surface area contributed by atoms with Crippen molar-refractivity contribution in [1.82, 2.24) is 0 Å². The SMILES string of the molecule is C[C@@H]1C(=O)/C(=C/O)CC2CC1C2(C)C. The molecule has 3 rings (SSSR count). The second kappa shape index (κ2) is 2.85. The van der Waals surface area contributed by atoms with Gasteiger partial charge in [0.2, 0.25) is 0 Å². The van der Waals surface area contributed by atoms with Crippen molar-refractivity contribution in [3.8, 4) is 0 Å². The standard InChI is InChI=1S/C12H18O2/c1-7-10-5-9(12(10,2)3)4-8(6-13)11(7)14/h6-7,9-10,13H,4-5H2,1-3H3/b8-6+/t7-,9?,10?/m0/s1. The summed E-state index contributed by atoms with van der Waals surface area (Å²) in [5, 5.41) is 9.03. The largest absolute Gasteiger partial charge is 0.515 e. The van der Waals surface area contributed by atoms with Crippen LogP contribution in [0.15, 0.2) is 11.8 Å². The summed E-state index contributed by atoms with van der Waals surface area (Å²) >= 11 is 0. The number of hydrogen-bond donors (Lipinski definition) is 1. The van der Waals surface area contributed by atoms with Crippen LogP contribution < -0.4 is 0 Å². The molecule has 0 aromatic rings. The molecule has 3 saturated carbocycles. The van der Waals surface area contributed by atoms with Crippen LogP contribution in [0.5, 0.6) is 0 Å². The van der Waals surface area contributed by atoms with Crippen molar-refractivity contribution >= 4 is 5.78 Å². The topological polar surface area (TPSA) is 37.3 Å². The van der Waals surface area contributed by atoms with Crippen molar-refractivity contribution in [3.05, 3.63) is 11.8 Å². The molecule has 2 nitrogen and oxygen atoms in total. The fourth-order valence-corrected chi connectivity index (χ4v) is 3.21. The lowest BCUT2D eigenvalue weighted by Crippen LogP contribution is -2.46. The van der Waals surface area contributed by atoms with Crippen LogP contribution in [0.3, 0.4) is 0 Å². The van der Waals surface area contributed by atoms with Crippen molar-refractivity contribution < 1.29 is 9.90 Å². The van der Waals surface area contributed by atoms with Gasteiger partial charge >= 0.3 is 0 Å². The number of Topliss-reactive ketones (excluding diaryl/α,β-unsaturated/α-hetero) is 1. The molecule has 1 N–H and O–H groups in total. The Morgan fingerprint density at radius 2 is 2.14 bits per heavy atom. The van der Waals surface area contributed by atoms with Crippen molar-refractivity contribution in [2.75, 3.05) is 0 Å². The predicted molar refractivity (Wildman–Crippen MR) is 54.9 cm³/mol. The number of hydrogen-bond acceptors (Lipinski definition) is 2. The first-order valence-corrected chi connectivity index (χ1v) is 5.36. The summed E-state index contributed by atoms with van der Waals surface area (Å²) in [4.78, 5) is 11.9. The van der Waals surface area contributed by atoms with Gasteiger partial charge in [-0.15, -0.1) is 0 Å². The minimum atomic E-state index is 0.0853. The minimum absolute atomic E-state index is 0.0853. The van der Waals surface area contributed by atoms with E-state index in [1.807, 2.05) is 6.92 Å². The van der Waals surface area contributed by atoms with E-state index < -0.39 is 0 Å². The molecule has 0 heterocycles. The Morgan fingerprint density at radius 1 is 1.50 bits per heavy atom. The van der Waals surface area contributed by atoms with Crippen LogP contribution in [0.2, 0.25) is 0 Å². The van der Waals surface area contributed by atoms with E-state index in [1.54, 1.807) is 0 Å². The van der Waals surface area contributed by atoms with E-state index in [2.05, 4.69) is 13.8 Å². The van der Waals surface area contributed by atoms with Crippen molar-refractivity contribution in [2.24, 2.45) is 23.2 Å². The van der Waals surface area contributed by atoms with Gasteiger partial charge in [-0.1, -0.05) is 20.8 Å². The molecule has 14 heavy (non-hydrogen) atoms. The average Bonchev–Trinajstić information content (AvgIpc) is 2.30. The highest BCUT2D eigenvalue weighted by atomic mass is 16.2. The van der Waals surface area contributed by atoms with E-state index in [0.29, 0.717) is 17.4 Å². The van der Waals surface area contributed by atoms with E-state index in [9.17, 15) is 4.79 Å². The van der Waals surface area contributed by atoms with Gasteiger partial charge in [0.25, 0.3) is 0 Å². The zero-order valence-electron chi connectivity index (χ0n) is 9.08. The maximum atomic E-state index is 11.9. The summed E-state index contributed by atoms with van der Waals surface area (Å²) in [7, 11) is 0. The summed E-state index contributed by atoms with van der Waals surface area (Å²) in [6.07, 6.45) is 2.94. The molecule has 3 atom stereocenters. The zero-order valence-corrected chi connectivity index (χ0v) is 9.08. The minimum Gasteiger partial charge on any atom is -0.515 e. The number of carbonyl (C=O) groups excluding carboxylic acids is 1. The lowest BCUT2D eigenvalue weighted by molar-refractivity contribution is -0.124. The van der Waals surface area contributed by atoms with Gasteiger partial charge in [0.15, 0.2) is 5.78 Å². The Bertz CT molecular complexity index is 301. The highest BCUT2D eigenvalue weighted by molar-refractivity contribution is 5.97. The van der Waals surface area contributed by atoms with E-state index in [4.69, 9.17) is 5.11 Å². The second-order valence-electron chi connectivity index (χ2n) is 5.37. The van der Waals surface area contributed by atoms with Crippen molar-refractivity contribution in [2.45, 2.75) is 33.6 Å². The second-order valence-corrected chi connectivity index (χ2v) is 5.37. The third-order valence-electron chi connectivity index (χ3n) is 4.50. The summed E-state index contributed by atoms with van der Waals surface area (Å²) in [5.41, 5.74) is 0.912. The van der Waals surface area contributed by atoms with Crippen LogP contribution in [0.4, 0.5) is 0 Å². The van der Waals surface area contributed by atoms with Crippen LogP contribution in [0, 0.1) is 23.2 Å². The fraction of sp³-hybridized carbons (Fsp3) is 0.750. The molecule has 3 aliphatic carbocycles. The molecule has 2 bridgehead atoms. The normalized spacial score (nSPS) is 43.2. The highest BCUT2D eigenvalue weighted by Crippen LogP contribution is 2.59. The number of rotatable bonds is 0. The molecule has 0 radical (unpaired) electrons. The van der Waals surface area contributed by atoms with Gasteiger partial charge in [-0.05, 0) is 30.1 Å². The van der Waals surface area contributed by atoms with E-state index >= 15 is 0 Å². The molecule has 0 spiro atoms. The first-order valence-electron chi connectivity index (χ1n) is 5.36. The summed E-state index contributed by atoms with van der Waals surface area (Å²) in [5.74, 6) is 1.34. The van der Waals surface area contributed by atoms with Crippen LogP contribution in [-0.2, 0) is 4.79 Å². The Labute approximate surface area is 85.0 Å². The van der Waals surface area contributed by atoms with E-state index in [0.717, 1.165) is 19.1 Å². The first-order chi connectivity index (χ1) is 6.48. The van der Waals surface area contributed by atoms with Crippen LogP contribution in [0.25, 0.3) is 0 Å². The van der Waals surface area contributed by atoms with Gasteiger partial charge in [-0.3, -0.25) is 4.79 Å². The third-order valence-corrected chi connectivity index (χ3v) is 4.50. The maximum Gasteiger partial charge on any atom is 0.165 e. The van der Waals surface area contributed by atoms with Crippen molar-refractivity contribution in [1.29, 1.82) is 0 Å². The number of aliphatic hydroxyl groups is 1. The summed E-state index contributed by atoms with van der Waals surface area (Å²) in [6, 6.07) is 0. The van der Waals surface area contributed by atoms with Gasteiger partial charge in [0, 0.05) is 11.5 Å². The lowest BCUT2D eigenvalue weighted by atomic mass is 9.52. The Balaban J connectivity index is 2.35. The molecule has 0 amide bonds. The fourth-order valence-electron chi connectivity index (χ4n) is 3.21. The van der Waals surface area contributed by atoms with Gasteiger partial charge in [0.1, 0.15) is 0 Å². The van der Waals surface area contributed by atoms with Crippen LogP contribution in [-0.4, -0.2) is 10.9 Å². The van der Waals surface area contributed by atoms with Gasteiger partial charge < -0.3 is 5.11 Å². The molecule has 0 saturated heterocycles. The maximum absolute atomic E-state index is 11.9. The summed E-state index contributed by atoms with van der Waals surface area (Å²) in [6.45, 7) is 6.49. The van der Waals surface area contributed by atoms with E-state index in [-0.39, 0.29) is 17.1 Å². The van der Waals surface area contributed by atoms with E-state index in [1.165, 1.54) is 0 Å². The molecule has 2 heteroatoms. The van der Waals surface area contributed by atoms with Crippen LogP contribution in [0.1, 0.15) is 33.6 Å². The molecule has 78 valence electrons. The molecule has 0 aromatic carbocycles. The Morgan fingerprint density at radius 3 is 2.64 bits per heavy atom. The molecule has 0 aliphatic heterocycles. The number of aliphatic hydroxyl groups excluding tert-OH is 1. The molecule has 3 fully saturated rings. The molecular formula is C12H18O2. The lowest BCUT2D eigenvalue weighted by Gasteiger charge is -2.52. The molecular weight excluding hydrogens is 176 g/mol. The summed E-state index contributed by atoms with van der Waals surface area (Å²) < 4.78 is 0. The quantitative estimate of drug-likeness (QED) is 0.475. The number of carbonyl (C=O) groups is 1. The van der Waals surface area contributed by atoms with Crippen molar-refractivity contribution in [3.63, 3.8) is 0 Å². The number of ketones is 1. The first kappa shape index (κ1) is 9.75. The molecule has 3 aliphatic rings. The van der Waals surface area contributed by atoms with Gasteiger partial charge in [-0.2, -0.15) is 0 Å². The highest BCUT2D eigenvalue weighted by Gasteiger charge is 2.54. The molecule has 0 aromatic heterocycles. The van der Waals surface area contributed by atoms with Gasteiger partial charge in [0.05, 0.1) is 6.26 Å². The Kier molecular flexibility index (Phi) is 1.98. The zero-order chi connectivity index (χ0) is 10.5. The van der Waals surface area contributed by atoms with Crippen LogP contribution >= 0.6 is 0 Å². The number of fused-ring (bicyclic) bond motifs is 3. The smallest absolute Gasteiger partial charge is 0.165 e. The van der Waals surface area contributed by atoms with Gasteiger partial charge in [-0.25, -0.2) is 0 Å². The third kappa shape index (κ3) is 1.06. The molecule has 2 unspecified atom stereocenters. The monoisotopic (exact) mass is 194 g/mol.